The lowest BCUT2D eigenvalue weighted by Gasteiger charge is -2.33. The van der Waals surface area contributed by atoms with E-state index in [0.717, 1.165) is 17.1 Å². The van der Waals surface area contributed by atoms with Gasteiger partial charge in [-0.15, -0.1) is 0 Å². The third-order valence-corrected chi connectivity index (χ3v) is 9.26. The van der Waals surface area contributed by atoms with Crippen molar-refractivity contribution < 1.29 is 18.0 Å². The Balaban J connectivity index is 2.07. The number of unbranched alkanes of at least 4 members (excludes halogenated alkanes) is 1. The highest BCUT2D eigenvalue weighted by Gasteiger charge is 2.34. The van der Waals surface area contributed by atoms with Crippen LogP contribution in [0.25, 0.3) is 0 Å². The maximum absolute atomic E-state index is 14.1. The zero-order valence-electron chi connectivity index (χ0n) is 22.6. The summed E-state index contributed by atoms with van der Waals surface area (Å²) in [5.41, 5.74) is 0.727. The summed E-state index contributed by atoms with van der Waals surface area (Å²) in [5, 5.41) is 3.91. The van der Waals surface area contributed by atoms with Crippen molar-refractivity contribution in [2.24, 2.45) is 0 Å². The molecular formula is C29H31Cl4N3O4S. The molecule has 0 saturated heterocycles. The van der Waals surface area contributed by atoms with Gasteiger partial charge < -0.3 is 10.2 Å². The lowest BCUT2D eigenvalue weighted by molar-refractivity contribution is -0.140. The Bertz CT molecular complexity index is 1450. The van der Waals surface area contributed by atoms with Crippen LogP contribution in [-0.4, -0.2) is 44.3 Å². The number of nitrogens with one attached hydrogen (secondary N) is 1. The van der Waals surface area contributed by atoms with E-state index < -0.39 is 28.5 Å². The molecule has 0 spiro atoms. The van der Waals surface area contributed by atoms with Crippen LogP contribution in [0.5, 0.6) is 0 Å². The average molecular weight is 659 g/mol. The van der Waals surface area contributed by atoms with Gasteiger partial charge in [-0.1, -0.05) is 90.9 Å². The molecule has 3 rings (SSSR count). The summed E-state index contributed by atoms with van der Waals surface area (Å²) in [5.74, 6) is -0.943. The van der Waals surface area contributed by atoms with Gasteiger partial charge in [-0.2, -0.15) is 0 Å². The molecule has 220 valence electrons. The number of sulfonamides is 1. The number of hydrogen-bond donors (Lipinski definition) is 1. The van der Waals surface area contributed by atoms with Crippen molar-refractivity contribution in [1.29, 1.82) is 0 Å². The van der Waals surface area contributed by atoms with Gasteiger partial charge in [0.2, 0.25) is 11.8 Å². The Kier molecular flexibility index (Phi) is 12.2. The summed E-state index contributed by atoms with van der Waals surface area (Å²) < 4.78 is 28.7. The highest BCUT2D eigenvalue weighted by molar-refractivity contribution is 7.92. The first-order valence-electron chi connectivity index (χ1n) is 13.0. The first-order chi connectivity index (χ1) is 19.5. The largest absolute Gasteiger partial charge is 0.354 e. The SMILES string of the molecule is CCCCNC(=O)[C@@H](CC)N(Cc1ccc(Cl)c(Cl)c1)C(=O)CN(c1cc(Cl)cc(Cl)c1)S(=O)(=O)c1ccccc1. The van der Waals surface area contributed by atoms with E-state index in [1.54, 1.807) is 43.3 Å². The molecule has 3 aromatic carbocycles. The zero-order valence-corrected chi connectivity index (χ0v) is 26.5. The number of amides is 2. The summed E-state index contributed by atoms with van der Waals surface area (Å²) in [4.78, 5) is 28.7. The van der Waals surface area contributed by atoms with Gasteiger partial charge in [0.25, 0.3) is 10.0 Å². The Labute approximate surface area is 261 Å². The van der Waals surface area contributed by atoms with Crippen LogP contribution in [0.2, 0.25) is 20.1 Å². The summed E-state index contributed by atoms with van der Waals surface area (Å²) in [6.45, 7) is 3.62. The van der Waals surface area contributed by atoms with Gasteiger partial charge in [-0.3, -0.25) is 13.9 Å². The van der Waals surface area contributed by atoms with E-state index in [-0.39, 0.29) is 33.1 Å². The van der Waals surface area contributed by atoms with Crippen molar-refractivity contribution in [1.82, 2.24) is 10.2 Å². The number of carbonyl (C=O) groups excluding carboxylic acids is 2. The number of benzene rings is 3. The second kappa shape index (κ2) is 15.1. The van der Waals surface area contributed by atoms with Gasteiger partial charge in [0.1, 0.15) is 12.6 Å². The lowest BCUT2D eigenvalue weighted by atomic mass is 10.1. The number of rotatable bonds is 13. The second-order valence-electron chi connectivity index (χ2n) is 9.29. The molecule has 0 aliphatic carbocycles. The van der Waals surface area contributed by atoms with E-state index in [9.17, 15) is 18.0 Å². The van der Waals surface area contributed by atoms with E-state index in [0.29, 0.717) is 28.6 Å². The summed E-state index contributed by atoms with van der Waals surface area (Å²) >= 11 is 24.8. The van der Waals surface area contributed by atoms with Gasteiger partial charge in [-0.25, -0.2) is 8.42 Å². The van der Waals surface area contributed by atoms with Gasteiger partial charge in [0, 0.05) is 23.1 Å². The van der Waals surface area contributed by atoms with Gasteiger partial charge in [0.15, 0.2) is 0 Å². The Morgan fingerprint density at radius 1 is 0.878 bits per heavy atom. The maximum Gasteiger partial charge on any atom is 0.264 e. The fourth-order valence-corrected chi connectivity index (χ4v) is 6.45. The van der Waals surface area contributed by atoms with Crippen molar-refractivity contribution in [2.45, 2.75) is 50.6 Å². The molecule has 0 radical (unpaired) electrons. The van der Waals surface area contributed by atoms with Gasteiger partial charge >= 0.3 is 0 Å². The molecule has 41 heavy (non-hydrogen) atoms. The van der Waals surface area contributed by atoms with Crippen LogP contribution in [0.1, 0.15) is 38.7 Å². The molecule has 2 amide bonds. The van der Waals surface area contributed by atoms with E-state index in [1.807, 2.05) is 6.92 Å². The van der Waals surface area contributed by atoms with Crippen LogP contribution in [0.3, 0.4) is 0 Å². The minimum Gasteiger partial charge on any atom is -0.354 e. The molecule has 0 aliphatic heterocycles. The van der Waals surface area contributed by atoms with E-state index in [1.165, 1.54) is 35.2 Å². The molecule has 0 fully saturated rings. The van der Waals surface area contributed by atoms with Crippen molar-refractivity contribution in [3.8, 4) is 0 Å². The van der Waals surface area contributed by atoms with E-state index in [2.05, 4.69) is 5.32 Å². The van der Waals surface area contributed by atoms with Crippen LogP contribution < -0.4 is 9.62 Å². The molecular weight excluding hydrogens is 628 g/mol. The highest BCUT2D eigenvalue weighted by atomic mass is 35.5. The second-order valence-corrected chi connectivity index (χ2v) is 12.8. The first kappa shape index (κ1) is 33.0. The summed E-state index contributed by atoms with van der Waals surface area (Å²) in [6.07, 6.45) is 1.96. The molecule has 0 aliphatic rings. The van der Waals surface area contributed by atoms with Crippen molar-refractivity contribution in [2.75, 3.05) is 17.4 Å². The third kappa shape index (κ3) is 8.75. The van der Waals surface area contributed by atoms with Crippen molar-refractivity contribution in [3.05, 3.63) is 92.4 Å². The molecule has 7 nitrogen and oxygen atoms in total. The van der Waals surface area contributed by atoms with Gasteiger partial charge in [0.05, 0.1) is 20.6 Å². The molecule has 0 bridgehead atoms. The van der Waals surface area contributed by atoms with Crippen LogP contribution >= 0.6 is 46.4 Å². The number of anilines is 1. The maximum atomic E-state index is 14.1. The fourth-order valence-electron chi connectivity index (χ4n) is 4.19. The minimum atomic E-state index is -4.24. The predicted octanol–water partition coefficient (Wildman–Crippen LogP) is 7.22. The molecule has 0 unspecified atom stereocenters. The van der Waals surface area contributed by atoms with Crippen molar-refractivity contribution in [3.63, 3.8) is 0 Å². The Morgan fingerprint density at radius 3 is 2.12 bits per heavy atom. The molecule has 1 N–H and O–H groups in total. The van der Waals surface area contributed by atoms with Crippen LogP contribution in [0, 0.1) is 0 Å². The van der Waals surface area contributed by atoms with Crippen LogP contribution in [-0.2, 0) is 26.2 Å². The average Bonchev–Trinajstić information content (AvgIpc) is 2.93. The monoisotopic (exact) mass is 657 g/mol. The van der Waals surface area contributed by atoms with E-state index in [4.69, 9.17) is 46.4 Å². The molecule has 3 aromatic rings. The lowest BCUT2D eigenvalue weighted by Crippen LogP contribution is -2.52. The fraction of sp³-hybridized carbons (Fsp3) is 0.310. The van der Waals surface area contributed by atoms with Crippen molar-refractivity contribution >= 4 is 73.9 Å². The molecule has 12 heteroatoms. The minimum absolute atomic E-state index is 0.00897. The van der Waals surface area contributed by atoms with Crippen LogP contribution in [0.15, 0.2) is 71.6 Å². The number of hydrogen-bond acceptors (Lipinski definition) is 4. The number of nitrogens with zero attached hydrogens (tertiary/aromatic N) is 2. The summed E-state index contributed by atoms with van der Waals surface area (Å²) in [7, 11) is -4.24. The van der Waals surface area contributed by atoms with Crippen LogP contribution in [0.4, 0.5) is 5.69 Å². The number of halogens is 4. The standard InChI is InChI=1S/C29H31Cl4N3O4S/c1-3-5-13-34-29(38)27(4-2)35(18-20-11-12-25(32)26(33)14-20)28(37)19-36(23-16-21(30)15-22(31)17-23)41(39,40)24-9-7-6-8-10-24/h6-12,14-17,27H,3-5,13,18-19H2,1-2H3,(H,34,38)/t27-/m1/s1. The molecule has 0 aromatic heterocycles. The molecule has 0 heterocycles. The molecule has 1 atom stereocenters. The third-order valence-electron chi connectivity index (χ3n) is 6.30. The van der Waals surface area contributed by atoms with Gasteiger partial charge in [-0.05, 0) is 60.9 Å². The normalized spacial score (nSPS) is 12.0. The number of carbonyl (C=O) groups is 2. The topological polar surface area (TPSA) is 86.8 Å². The Hall–Kier alpha value is -2.49. The quantitative estimate of drug-likeness (QED) is 0.197. The highest BCUT2D eigenvalue weighted by Crippen LogP contribution is 2.30. The summed E-state index contributed by atoms with van der Waals surface area (Å²) in [6, 6.07) is 16.1. The van der Waals surface area contributed by atoms with E-state index >= 15 is 0 Å². The first-order valence-corrected chi connectivity index (χ1v) is 16.0. The molecule has 0 saturated carbocycles. The zero-order chi connectivity index (χ0) is 30.2. The smallest absolute Gasteiger partial charge is 0.264 e. The predicted molar refractivity (Wildman–Crippen MR) is 166 cm³/mol. The Morgan fingerprint density at radius 2 is 1.54 bits per heavy atom.